The highest BCUT2D eigenvalue weighted by Crippen LogP contribution is 2.30. The van der Waals surface area contributed by atoms with Gasteiger partial charge in [0.1, 0.15) is 0 Å². The predicted octanol–water partition coefficient (Wildman–Crippen LogP) is 4.18. The molecule has 3 aliphatic rings. The van der Waals surface area contributed by atoms with Crippen molar-refractivity contribution >= 4 is 11.8 Å². The molecule has 3 fully saturated rings. The number of carbonyl (C=O) groups excluding carboxylic acids is 2. The standard InChI is InChI=1S/C22H38N2O2/c1-15-3-7-17(8-4-15)21(25)23-19-11-13-20(14-12-19)24-22(26)18-9-5-16(2)6-10-18/h15-20H,3-14H2,1-2H3,(H,23,25)(H,24,26). The Morgan fingerprint density at radius 1 is 0.538 bits per heavy atom. The van der Waals surface area contributed by atoms with Crippen LogP contribution in [0.2, 0.25) is 0 Å². The van der Waals surface area contributed by atoms with Gasteiger partial charge in [-0.3, -0.25) is 9.59 Å². The first kappa shape index (κ1) is 19.7. The van der Waals surface area contributed by atoms with E-state index in [0.717, 1.165) is 63.2 Å². The Morgan fingerprint density at radius 3 is 1.15 bits per heavy atom. The van der Waals surface area contributed by atoms with Crippen molar-refractivity contribution in [3.63, 3.8) is 0 Å². The van der Waals surface area contributed by atoms with Crippen molar-refractivity contribution in [2.75, 3.05) is 0 Å². The second-order valence-electron chi connectivity index (χ2n) is 9.48. The zero-order valence-corrected chi connectivity index (χ0v) is 16.8. The molecule has 0 heterocycles. The summed E-state index contributed by atoms with van der Waals surface area (Å²) in [6.07, 6.45) is 13.0. The molecule has 2 N–H and O–H groups in total. The van der Waals surface area contributed by atoms with E-state index < -0.39 is 0 Å². The molecule has 0 aromatic rings. The summed E-state index contributed by atoms with van der Waals surface area (Å²) in [6, 6.07) is 0.621. The smallest absolute Gasteiger partial charge is 0.223 e. The fourth-order valence-electron chi connectivity index (χ4n) is 5.06. The van der Waals surface area contributed by atoms with E-state index in [-0.39, 0.29) is 23.7 Å². The second-order valence-corrected chi connectivity index (χ2v) is 9.48. The molecule has 0 saturated heterocycles. The van der Waals surface area contributed by atoms with E-state index in [9.17, 15) is 9.59 Å². The third kappa shape index (κ3) is 5.47. The van der Waals surface area contributed by atoms with Crippen LogP contribution >= 0.6 is 0 Å². The first-order valence-electron chi connectivity index (χ1n) is 11.1. The maximum Gasteiger partial charge on any atom is 0.223 e. The Hall–Kier alpha value is -1.06. The molecule has 0 unspecified atom stereocenters. The lowest BCUT2D eigenvalue weighted by atomic mass is 9.81. The first-order valence-corrected chi connectivity index (χ1v) is 11.1. The van der Waals surface area contributed by atoms with Crippen LogP contribution in [-0.2, 0) is 9.59 Å². The van der Waals surface area contributed by atoms with Gasteiger partial charge in [0.25, 0.3) is 0 Å². The van der Waals surface area contributed by atoms with Crippen LogP contribution < -0.4 is 10.6 Å². The van der Waals surface area contributed by atoms with E-state index in [1.54, 1.807) is 0 Å². The minimum absolute atomic E-state index is 0.234. The maximum absolute atomic E-state index is 12.5. The zero-order valence-electron chi connectivity index (χ0n) is 16.8. The van der Waals surface area contributed by atoms with Gasteiger partial charge in [0.15, 0.2) is 0 Å². The highest BCUT2D eigenvalue weighted by molar-refractivity contribution is 5.79. The van der Waals surface area contributed by atoms with Crippen molar-refractivity contribution in [1.29, 1.82) is 0 Å². The summed E-state index contributed by atoms with van der Waals surface area (Å²) < 4.78 is 0. The predicted molar refractivity (Wildman–Crippen MR) is 105 cm³/mol. The van der Waals surface area contributed by atoms with E-state index in [4.69, 9.17) is 0 Å². The molecule has 0 radical (unpaired) electrons. The molecular formula is C22H38N2O2. The van der Waals surface area contributed by atoms with Crippen molar-refractivity contribution in [1.82, 2.24) is 10.6 Å². The van der Waals surface area contributed by atoms with E-state index in [0.29, 0.717) is 12.1 Å². The molecular weight excluding hydrogens is 324 g/mol. The summed E-state index contributed by atoms with van der Waals surface area (Å²) in [7, 11) is 0. The average Bonchev–Trinajstić information content (AvgIpc) is 2.64. The molecule has 0 atom stereocenters. The quantitative estimate of drug-likeness (QED) is 0.788. The number of rotatable bonds is 4. The summed E-state index contributed by atoms with van der Waals surface area (Å²) in [5.74, 6) is 2.59. The molecule has 0 aromatic heterocycles. The molecule has 4 heteroatoms. The number of amides is 2. The maximum atomic E-state index is 12.5. The van der Waals surface area contributed by atoms with Crippen LogP contribution in [-0.4, -0.2) is 23.9 Å². The topological polar surface area (TPSA) is 58.2 Å². The largest absolute Gasteiger partial charge is 0.353 e. The highest BCUT2D eigenvalue weighted by Gasteiger charge is 2.30. The summed E-state index contributed by atoms with van der Waals surface area (Å²) in [5, 5.41) is 6.59. The molecule has 0 spiro atoms. The van der Waals surface area contributed by atoms with Crippen LogP contribution in [0.25, 0.3) is 0 Å². The second kappa shape index (κ2) is 9.23. The Bertz CT molecular complexity index is 425. The van der Waals surface area contributed by atoms with Crippen LogP contribution in [0, 0.1) is 23.7 Å². The number of carbonyl (C=O) groups is 2. The molecule has 148 valence electrons. The summed E-state index contributed by atoms with van der Waals surface area (Å²) in [4.78, 5) is 25.0. The highest BCUT2D eigenvalue weighted by atomic mass is 16.2. The third-order valence-electron chi connectivity index (χ3n) is 7.19. The van der Waals surface area contributed by atoms with Gasteiger partial charge < -0.3 is 10.6 Å². The summed E-state index contributed by atoms with van der Waals surface area (Å²) >= 11 is 0. The number of hydrogen-bond acceptors (Lipinski definition) is 2. The third-order valence-corrected chi connectivity index (χ3v) is 7.19. The van der Waals surface area contributed by atoms with Gasteiger partial charge in [-0.05, 0) is 88.9 Å². The van der Waals surface area contributed by atoms with Gasteiger partial charge in [0, 0.05) is 23.9 Å². The van der Waals surface area contributed by atoms with Crippen LogP contribution in [0.1, 0.15) is 90.9 Å². The van der Waals surface area contributed by atoms with Gasteiger partial charge >= 0.3 is 0 Å². The van der Waals surface area contributed by atoms with Crippen molar-refractivity contribution in [3.8, 4) is 0 Å². The lowest BCUT2D eigenvalue weighted by Gasteiger charge is -2.33. The molecule has 0 aliphatic heterocycles. The average molecular weight is 363 g/mol. The van der Waals surface area contributed by atoms with Crippen molar-refractivity contribution in [3.05, 3.63) is 0 Å². The minimum Gasteiger partial charge on any atom is -0.353 e. The molecule has 0 bridgehead atoms. The monoisotopic (exact) mass is 362 g/mol. The fraction of sp³-hybridized carbons (Fsp3) is 0.909. The van der Waals surface area contributed by atoms with Crippen molar-refractivity contribution in [2.24, 2.45) is 23.7 Å². The van der Waals surface area contributed by atoms with Crippen LogP contribution in [0.3, 0.4) is 0 Å². The Morgan fingerprint density at radius 2 is 0.846 bits per heavy atom. The molecule has 4 nitrogen and oxygen atoms in total. The number of hydrogen-bond donors (Lipinski definition) is 2. The van der Waals surface area contributed by atoms with Gasteiger partial charge in [0.05, 0.1) is 0 Å². The van der Waals surface area contributed by atoms with Gasteiger partial charge in [-0.15, -0.1) is 0 Å². The number of nitrogens with one attached hydrogen (secondary N) is 2. The lowest BCUT2D eigenvalue weighted by Crippen LogP contribution is -2.46. The van der Waals surface area contributed by atoms with Gasteiger partial charge in [-0.2, -0.15) is 0 Å². The van der Waals surface area contributed by atoms with Gasteiger partial charge in [-0.25, -0.2) is 0 Å². The van der Waals surface area contributed by atoms with Crippen LogP contribution in [0.5, 0.6) is 0 Å². The summed E-state index contributed by atoms with van der Waals surface area (Å²) in [6.45, 7) is 4.58. The fourth-order valence-corrected chi connectivity index (χ4v) is 5.06. The molecule has 26 heavy (non-hydrogen) atoms. The van der Waals surface area contributed by atoms with Crippen LogP contribution in [0.4, 0.5) is 0 Å². The zero-order chi connectivity index (χ0) is 18.5. The van der Waals surface area contributed by atoms with Gasteiger partial charge in [0.2, 0.25) is 11.8 Å². The van der Waals surface area contributed by atoms with E-state index in [1.165, 1.54) is 25.7 Å². The van der Waals surface area contributed by atoms with Crippen molar-refractivity contribution in [2.45, 2.75) is 103 Å². The SMILES string of the molecule is CC1CCC(C(=O)NC2CCC(NC(=O)C3CCC(C)CC3)CC2)CC1. The first-order chi connectivity index (χ1) is 12.5. The van der Waals surface area contributed by atoms with Gasteiger partial charge in [-0.1, -0.05) is 13.8 Å². The molecule has 0 aromatic carbocycles. The lowest BCUT2D eigenvalue weighted by molar-refractivity contribution is -0.128. The Kier molecular flexibility index (Phi) is 6.99. The molecule has 2 amide bonds. The summed E-state index contributed by atoms with van der Waals surface area (Å²) in [5.41, 5.74) is 0. The Labute approximate surface area is 159 Å². The normalized spacial score (nSPS) is 38.4. The van der Waals surface area contributed by atoms with E-state index in [1.807, 2.05) is 0 Å². The molecule has 3 rings (SSSR count). The van der Waals surface area contributed by atoms with Crippen LogP contribution in [0.15, 0.2) is 0 Å². The molecule has 3 saturated carbocycles. The van der Waals surface area contributed by atoms with E-state index >= 15 is 0 Å². The molecule has 3 aliphatic carbocycles. The minimum atomic E-state index is 0.234. The van der Waals surface area contributed by atoms with E-state index in [2.05, 4.69) is 24.5 Å². The Balaban J connectivity index is 1.35. The van der Waals surface area contributed by atoms with Crippen molar-refractivity contribution < 1.29 is 9.59 Å².